The zero-order valence-corrected chi connectivity index (χ0v) is 20.3. The number of hydrogen-bond donors (Lipinski definition) is 2. The van der Waals surface area contributed by atoms with Crippen molar-refractivity contribution in [3.05, 3.63) is 29.8 Å². The van der Waals surface area contributed by atoms with Crippen molar-refractivity contribution in [2.24, 2.45) is 4.99 Å². The van der Waals surface area contributed by atoms with Crippen molar-refractivity contribution in [1.29, 1.82) is 0 Å². The molecule has 6 nitrogen and oxygen atoms in total. The second-order valence-corrected chi connectivity index (χ2v) is 9.74. The maximum absolute atomic E-state index is 5.59. The van der Waals surface area contributed by atoms with Crippen LogP contribution in [0.4, 0.5) is 0 Å². The fourth-order valence-corrected chi connectivity index (χ4v) is 5.21. The van der Waals surface area contributed by atoms with Gasteiger partial charge >= 0.3 is 0 Å². The highest BCUT2D eigenvalue weighted by molar-refractivity contribution is 8.00. The van der Waals surface area contributed by atoms with Gasteiger partial charge in [0, 0.05) is 31.1 Å². The number of methoxy groups -OCH3 is 1. The van der Waals surface area contributed by atoms with Gasteiger partial charge in [-0.1, -0.05) is 18.6 Å². The molecule has 1 unspecified atom stereocenters. The number of likely N-dealkylation sites (tertiary alicyclic amines) is 1. The van der Waals surface area contributed by atoms with Gasteiger partial charge in [0.2, 0.25) is 0 Å². The molecule has 7 heteroatoms. The Morgan fingerprint density at radius 3 is 2.48 bits per heavy atom. The van der Waals surface area contributed by atoms with E-state index in [1.165, 1.54) is 24.8 Å². The minimum absolute atomic E-state index is 0.197. The van der Waals surface area contributed by atoms with Gasteiger partial charge in [-0.25, -0.2) is 0 Å². The first-order valence-electron chi connectivity index (χ1n) is 11.7. The Morgan fingerprint density at radius 1 is 1.16 bits per heavy atom. The van der Waals surface area contributed by atoms with Gasteiger partial charge in [-0.05, 0) is 69.6 Å². The number of nitrogens with zero attached hydrogens (tertiary/aromatic N) is 2. The molecule has 0 saturated carbocycles. The van der Waals surface area contributed by atoms with E-state index in [1.807, 2.05) is 11.8 Å². The lowest BCUT2D eigenvalue weighted by atomic mass is 9.99. The predicted octanol–water partition coefficient (Wildman–Crippen LogP) is 3.69. The van der Waals surface area contributed by atoms with E-state index in [0.29, 0.717) is 6.04 Å². The van der Waals surface area contributed by atoms with E-state index < -0.39 is 0 Å². The van der Waals surface area contributed by atoms with Crippen LogP contribution in [-0.4, -0.2) is 74.9 Å². The Morgan fingerprint density at radius 2 is 1.87 bits per heavy atom. The highest BCUT2D eigenvalue weighted by Gasteiger charge is 2.31. The summed E-state index contributed by atoms with van der Waals surface area (Å²) in [5, 5.41) is 7.10. The lowest BCUT2D eigenvalue weighted by molar-refractivity contribution is 0.0794. The van der Waals surface area contributed by atoms with E-state index in [9.17, 15) is 0 Å². The number of guanidine groups is 1. The maximum atomic E-state index is 5.59. The molecule has 2 saturated heterocycles. The molecule has 2 heterocycles. The summed E-state index contributed by atoms with van der Waals surface area (Å²) in [5.74, 6) is 1.82. The molecule has 2 aliphatic heterocycles. The third kappa shape index (κ3) is 7.02. The van der Waals surface area contributed by atoms with Gasteiger partial charge in [0.15, 0.2) is 5.96 Å². The van der Waals surface area contributed by atoms with Crippen molar-refractivity contribution >= 4 is 17.7 Å². The number of thioether (sulfide) groups is 1. The number of aliphatic imine (C=N–C) groups is 1. The largest absolute Gasteiger partial charge is 0.497 e. The van der Waals surface area contributed by atoms with Crippen LogP contribution in [0, 0.1) is 0 Å². The summed E-state index contributed by atoms with van der Waals surface area (Å²) in [6, 6.07) is 8.87. The summed E-state index contributed by atoms with van der Waals surface area (Å²) < 4.78 is 11.1. The predicted molar refractivity (Wildman–Crippen MR) is 131 cm³/mol. The summed E-state index contributed by atoms with van der Waals surface area (Å²) in [5.41, 5.74) is 1.33. The Hall–Kier alpha value is -1.44. The van der Waals surface area contributed by atoms with E-state index in [4.69, 9.17) is 14.5 Å². The third-order valence-corrected chi connectivity index (χ3v) is 7.90. The standard InChI is InChI=1S/C24H40N4O2S/c1-4-25-23(27-19-24(31-3)12-16-30-17-13-24)26-18-22(28-14-6-5-7-15-28)20-8-10-21(29-2)11-9-20/h8-11,22H,4-7,12-19H2,1-3H3,(H2,25,26,27). The van der Waals surface area contributed by atoms with E-state index >= 15 is 0 Å². The quantitative estimate of drug-likeness (QED) is 0.444. The lowest BCUT2D eigenvalue weighted by Crippen LogP contribution is -2.45. The smallest absolute Gasteiger partial charge is 0.191 e. The molecule has 0 spiro atoms. The fraction of sp³-hybridized carbons (Fsp3) is 0.708. The number of benzene rings is 1. The monoisotopic (exact) mass is 448 g/mol. The van der Waals surface area contributed by atoms with Crippen LogP contribution in [0.3, 0.4) is 0 Å². The molecule has 0 aromatic heterocycles. The Bertz CT molecular complexity index is 671. The molecular formula is C24H40N4O2S. The highest BCUT2D eigenvalue weighted by Crippen LogP contribution is 2.34. The molecule has 174 valence electrons. The number of hydrogen-bond acceptors (Lipinski definition) is 5. The van der Waals surface area contributed by atoms with Gasteiger partial charge in [-0.15, -0.1) is 0 Å². The van der Waals surface area contributed by atoms with Crippen molar-refractivity contribution < 1.29 is 9.47 Å². The summed E-state index contributed by atoms with van der Waals surface area (Å²) in [6.07, 6.45) is 8.23. The summed E-state index contributed by atoms with van der Waals surface area (Å²) in [6.45, 7) is 8.64. The molecule has 0 bridgehead atoms. The second kappa shape index (κ2) is 12.6. The van der Waals surface area contributed by atoms with Gasteiger partial charge in [-0.2, -0.15) is 11.8 Å². The van der Waals surface area contributed by atoms with Crippen LogP contribution < -0.4 is 15.4 Å². The first kappa shape index (κ1) is 24.2. The number of piperidine rings is 1. The second-order valence-electron chi connectivity index (χ2n) is 8.46. The van der Waals surface area contributed by atoms with Crippen LogP contribution in [0.15, 0.2) is 29.3 Å². The SMILES string of the molecule is CCNC(=NCC1(SC)CCOCC1)NCC(c1ccc(OC)cc1)N1CCCCC1. The van der Waals surface area contributed by atoms with Crippen molar-refractivity contribution in [2.75, 3.05) is 59.3 Å². The van der Waals surface area contributed by atoms with Crippen LogP contribution >= 0.6 is 11.8 Å². The molecular weight excluding hydrogens is 408 g/mol. The first-order chi connectivity index (χ1) is 15.2. The lowest BCUT2D eigenvalue weighted by Gasteiger charge is -2.36. The molecule has 2 aliphatic rings. The number of rotatable bonds is 9. The van der Waals surface area contributed by atoms with E-state index in [0.717, 1.165) is 70.5 Å². The van der Waals surface area contributed by atoms with Gasteiger partial charge in [0.25, 0.3) is 0 Å². The van der Waals surface area contributed by atoms with E-state index in [2.05, 4.69) is 53.0 Å². The Balaban J connectivity index is 1.70. The molecule has 1 aromatic rings. The average molecular weight is 449 g/mol. The molecule has 0 amide bonds. The molecule has 2 fully saturated rings. The zero-order chi connectivity index (χ0) is 21.9. The van der Waals surface area contributed by atoms with Gasteiger partial charge < -0.3 is 20.1 Å². The van der Waals surface area contributed by atoms with Gasteiger partial charge in [0.1, 0.15) is 5.75 Å². The van der Waals surface area contributed by atoms with Gasteiger partial charge in [-0.3, -0.25) is 9.89 Å². The average Bonchev–Trinajstić information content (AvgIpc) is 2.84. The van der Waals surface area contributed by atoms with E-state index in [1.54, 1.807) is 7.11 Å². The van der Waals surface area contributed by atoms with Crippen molar-refractivity contribution in [2.45, 2.75) is 49.8 Å². The fourth-order valence-electron chi connectivity index (χ4n) is 4.44. The minimum Gasteiger partial charge on any atom is -0.497 e. The minimum atomic E-state index is 0.197. The normalized spacial score (nSPS) is 20.8. The van der Waals surface area contributed by atoms with Crippen LogP contribution in [0.25, 0.3) is 0 Å². The molecule has 0 radical (unpaired) electrons. The summed E-state index contributed by atoms with van der Waals surface area (Å²) in [7, 11) is 1.72. The van der Waals surface area contributed by atoms with Gasteiger partial charge in [0.05, 0.1) is 19.7 Å². The number of ether oxygens (including phenoxy) is 2. The molecule has 1 aromatic carbocycles. The van der Waals surface area contributed by atoms with Crippen molar-refractivity contribution in [1.82, 2.24) is 15.5 Å². The summed E-state index contributed by atoms with van der Waals surface area (Å²) >= 11 is 1.94. The van der Waals surface area contributed by atoms with Crippen molar-refractivity contribution in [3.63, 3.8) is 0 Å². The maximum Gasteiger partial charge on any atom is 0.191 e. The first-order valence-corrected chi connectivity index (χ1v) is 13.0. The molecule has 31 heavy (non-hydrogen) atoms. The molecule has 1 atom stereocenters. The molecule has 0 aliphatic carbocycles. The van der Waals surface area contributed by atoms with Crippen LogP contribution in [-0.2, 0) is 4.74 Å². The molecule has 3 rings (SSSR count). The van der Waals surface area contributed by atoms with E-state index in [-0.39, 0.29) is 4.75 Å². The van der Waals surface area contributed by atoms with Crippen LogP contribution in [0.5, 0.6) is 5.75 Å². The zero-order valence-electron chi connectivity index (χ0n) is 19.5. The van der Waals surface area contributed by atoms with Crippen molar-refractivity contribution in [3.8, 4) is 5.75 Å². The Kier molecular flexibility index (Phi) is 9.81. The topological polar surface area (TPSA) is 58.1 Å². The third-order valence-electron chi connectivity index (χ3n) is 6.50. The molecule has 2 N–H and O–H groups in total. The summed E-state index contributed by atoms with van der Waals surface area (Å²) in [4.78, 5) is 7.61. The number of nitrogens with one attached hydrogen (secondary N) is 2. The Labute approximate surface area is 192 Å². The highest BCUT2D eigenvalue weighted by atomic mass is 32.2. The van der Waals surface area contributed by atoms with Crippen LogP contribution in [0.1, 0.15) is 50.6 Å². The van der Waals surface area contributed by atoms with Crippen LogP contribution in [0.2, 0.25) is 0 Å².